The maximum Gasteiger partial charge on any atom is 0.339 e. The zero-order chi connectivity index (χ0) is 15.0. The summed E-state index contributed by atoms with van der Waals surface area (Å²) in [4.78, 5) is 12.1. The van der Waals surface area contributed by atoms with Crippen LogP contribution >= 0.6 is 0 Å². The van der Waals surface area contributed by atoms with Crippen LogP contribution in [0.1, 0.15) is 37.4 Å². The lowest BCUT2D eigenvalue weighted by Crippen LogP contribution is -2.56. The summed E-state index contributed by atoms with van der Waals surface area (Å²) in [7, 11) is 4.55. The molecule has 2 saturated heterocycles. The predicted molar refractivity (Wildman–Crippen MR) is 79.4 cm³/mol. The molecule has 4 heteroatoms. The minimum atomic E-state index is -1.17. The van der Waals surface area contributed by atoms with Crippen LogP contribution in [0, 0.1) is 0 Å². The van der Waals surface area contributed by atoms with Crippen LogP contribution in [-0.2, 0) is 9.53 Å². The predicted octanol–water partition coefficient (Wildman–Crippen LogP) is 2.03. The first-order valence-electron chi connectivity index (χ1n) is 7.75. The van der Waals surface area contributed by atoms with Gasteiger partial charge in [-0.05, 0) is 5.56 Å². The SMILES string of the molecule is C[N+]1(C)[C@H]2CC[C@H]1CC(OC(=O)[C@H](O)c1ccccc1)C2. The van der Waals surface area contributed by atoms with Crippen molar-refractivity contribution in [3.8, 4) is 0 Å². The Morgan fingerprint density at radius 1 is 1.19 bits per heavy atom. The summed E-state index contributed by atoms with van der Waals surface area (Å²) in [6.45, 7) is 0. The Kier molecular flexibility index (Phi) is 3.76. The number of hydrogen-bond donors (Lipinski definition) is 1. The van der Waals surface area contributed by atoms with Crippen LogP contribution in [0.3, 0.4) is 0 Å². The van der Waals surface area contributed by atoms with Crippen LogP contribution < -0.4 is 0 Å². The second-order valence-electron chi connectivity index (χ2n) is 6.86. The zero-order valence-electron chi connectivity index (χ0n) is 12.7. The number of piperidine rings is 1. The molecule has 1 N–H and O–H groups in total. The van der Waals surface area contributed by atoms with Crippen LogP contribution in [0.25, 0.3) is 0 Å². The molecule has 3 atom stereocenters. The molecule has 4 nitrogen and oxygen atoms in total. The molecule has 0 aromatic heterocycles. The van der Waals surface area contributed by atoms with Gasteiger partial charge in [0.15, 0.2) is 6.10 Å². The molecule has 0 saturated carbocycles. The molecular formula is C17H24NO3+. The molecule has 0 unspecified atom stereocenters. The number of ether oxygens (including phenoxy) is 1. The quantitative estimate of drug-likeness (QED) is 0.684. The number of fused-ring (bicyclic) bond motifs is 2. The summed E-state index contributed by atoms with van der Waals surface area (Å²) >= 11 is 0. The van der Waals surface area contributed by atoms with Crippen LogP contribution in [0.5, 0.6) is 0 Å². The fourth-order valence-electron chi connectivity index (χ4n) is 3.93. The highest BCUT2D eigenvalue weighted by atomic mass is 16.6. The Bertz CT molecular complexity index is 498. The number of rotatable bonds is 3. The first-order chi connectivity index (χ1) is 9.98. The monoisotopic (exact) mass is 290 g/mol. The number of carbonyl (C=O) groups excluding carboxylic acids is 1. The van der Waals surface area contributed by atoms with E-state index in [1.807, 2.05) is 18.2 Å². The van der Waals surface area contributed by atoms with Gasteiger partial charge in [0.25, 0.3) is 0 Å². The lowest BCUT2D eigenvalue weighted by molar-refractivity contribution is -0.931. The maximum atomic E-state index is 12.1. The molecule has 1 aromatic carbocycles. The lowest BCUT2D eigenvalue weighted by Gasteiger charge is -2.43. The summed E-state index contributed by atoms with van der Waals surface area (Å²) in [5, 5.41) is 10.1. The van der Waals surface area contributed by atoms with Gasteiger partial charge >= 0.3 is 5.97 Å². The van der Waals surface area contributed by atoms with Crippen molar-refractivity contribution in [2.75, 3.05) is 14.1 Å². The van der Waals surface area contributed by atoms with E-state index in [0.717, 1.165) is 17.3 Å². The first-order valence-corrected chi connectivity index (χ1v) is 7.75. The summed E-state index contributed by atoms with van der Waals surface area (Å²) in [5.41, 5.74) is 0.595. The number of benzene rings is 1. The Labute approximate surface area is 125 Å². The topological polar surface area (TPSA) is 46.5 Å². The number of carbonyl (C=O) groups is 1. The van der Waals surface area contributed by atoms with Gasteiger partial charge in [0.05, 0.1) is 26.2 Å². The van der Waals surface area contributed by atoms with E-state index in [9.17, 15) is 9.90 Å². The molecular weight excluding hydrogens is 266 g/mol. The van der Waals surface area contributed by atoms with Crippen LogP contribution in [0.15, 0.2) is 30.3 Å². The fourth-order valence-corrected chi connectivity index (χ4v) is 3.93. The molecule has 0 spiro atoms. The summed E-state index contributed by atoms with van der Waals surface area (Å²) in [6.07, 6.45) is 3.04. The Morgan fingerprint density at radius 3 is 2.33 bits per heavy atom. The third-order valence-electron chi connectivity index (χ3n) is 5.41. The van der Waals surface area contributed by atoms with E-state index in [0.29, 0.717) is 17.6 Å². The lowest BCUT2D eigenvalue weighted by atomic mass is 9.97. The zero-order valence-corrected chi connectivity index (χ0v) is 12.7. The Balaban J connectivity index is 1.62. The number of hydrogen-bond acceptors (Lipinski definition) is 3. The van der Waals surface area contributed by atoms with Crippen molar-refractivity contribution in [1.82, 2.24) is 0 Å². The van der Waals surface area contributed by atoms with Crippen molar-refractivity contribution in [2.24, 2.45) is 0 Å². The Morgan fingerprint density at radius 2 is 1.76 bits per heavy atom. The summed E-state index contributed by atoms with van der Waals surface area (Å²) in [6, 6.07) is 10.1. The molecule has 2 aliphatic heterocycles. The van der Waals surface area contributed by atoms with E-state index in [1.54, 1.807) is 12.1 Å². The number of aliphatic hydroxyl groups is 1. The maximum absolute atomic E-state index is 12.1. The van der Waals surface area contributed by atoms with Gasteiger partial charge in [-0.3, -0.25) is 0 Å². The molecule has 0 radical (unpaired) electrons. The van der Waals surface area contributed by atoms with Crippen LogP contribution in [0.4, 0.5) is 0 Å². The van der Waals surface area contributed by atoms with Crippen molar-refractivity contribution in [2.45, 2.75) is 50.0 Å². The van der Waals surface area contributed by atoms with Crippen molar-refractivity contribution in [1.29, 1.82) is 0 Å². The largest absolute Gasteiger partial charge is 0.460 e. The Hall–Kier alpha value is -1.39. The minimum absolute atomic E-state index is 0.0421. The summed E-state index contributed by atoms with van der Waals surface area (Å²) in [5.74, 6) is -0.516. The molecule has 2 aliphatic rings. The van der Waals surface area contributed by atoms with Gasteiger partial charge in [0, 0.05) is 25.7 Å². The van der Waals surface area contributed by atoms with Gasteiger partial charge in [-0.15, -0.1) is 0 Å². The van der Waals surface area contributed by atoms with Crippen LogP contribution in [0.2, 0.25) is 0 Å². The van der Waals surface area contributed by atoms with Gasteiger partial charge < -0.3 is 14.3 Å². The first kappa shape index (κ1) is 14.5. The minimum Gasteiger partial charge on any atom is -0.460 e. The van der Waals surface area contributed by atoms with Crippen molar-refractivity contribution < 1.29 is 19.1 Å². The molecule has 2 fully saturated rings. The van der Waals surface area contributed by atoms with E-state index in [-0.39, 0.29) is 6.10 Å². The van der Waals surface area contributed by atoms with E-state index in [1.165, 1.54) is 12.8 Å². The van der Waals surface area contributed by atoms with Gasteiger partial charge in [0.2, 0.25) is 0 Å². The molecule has 2 bridgehead atoms. The molecule has 21 heavy (non-hydrogen) atoms. The molecule has 1 aromatic rings. The van der Waals surface area contributed by atoms with E-state index in [2.05, 4.69) is 14.1 Å². The number of quaternary nitrogens is 1. The average Bonchev–Trinajstić information content (AvgIpc) is 2.67. The van der Waals surface area contributed by atoms with Gasteiger partial charge in [0.1, 0.15) is 6.10 Å². The highest BCUT2D eigenvalue weighted by Crippen LogP contribution is 2.40. The van der Waals surface area contributed by atoms with E-state index < -0.39 is 12.1 Å². The van der Waals surface area contributed by atoms with E-state index in [4.69, 9.17) is 4.74 Å². The highest BCUT2D eigenvalue weighted by Gasteiger charge is 2.50. The van der Waals surface area contributed by atoms with Crippen molar-refractivity contribution in [3.05, 3.63) is 35.9 Å². The molecule has 3 rings (SSSR count). The van der Waals surface area contributed by atoms with Crippen LogP contribution in [-0.4, -0.2) is 47.8 Å². The smallest absolute Gasteiger partial charge is 0.339 e. The van der Waals surface area contributed by atoms with Crippen molar-refractivity contribution in [3.63, 3.8) is 0 Å². The standard InChI is InChI=1S/C17H24NO3/c1-18(2)13-8-9-14(18)11-15(10-13)21-17(20)16(19)12-6-4-3-5-7-12/h3-7,13-16,19H,8-11H2,1-2H3/q+1/t13-,14-,16+/m0/s1. The summed E-state index contributed by atoms with van der Waals surface area (Å²) < 4.78 is 6.63. The van der Waals surface area contributed by atoms with Gasteiger partial charge in [-0.1, -0.05) is 30.3 Å². The van der Waals surface area contributed by atoms with Crippen molar-refractivity contribution >= 4 is 5.97 Å². The normalized spacial score (nSPS) is 31.7. The molecule has 114 valence electrons. The molecule has 2 heterocycles. The van der Waals surface area contributed by atoms with Gasteiger partial charge in [-0.25, -0.2) is 4.79 Å². The highest BCUT2D eigenvalue weighted by molar-refractivity contribution is 5.76. The second kappa shape index (κ2) is 5.43. The molecule has 0 aliphatic carbocycles. The second-order valence-corrected chi connectivity index (χ2v) is 6.86. The fraction of sp³-hybridized carbons (Fsp3) is 0.588. The molecule has 0 amide bonds. The number of nitrogens with zero attached hydrogens (tertiary/aromatic N) is 1. The third-order valence-corrected chi connectivity index (χ3v) is 5.41. The number of aliphatic hydroxyl groups excluding tert-OH is 1. The average molecular weight is 290 g/mol. The third kappa shape index (κ3) is 2.70. The van der Waals surface area contributed by atoms with E-state index >= 15 is 0 Å². The van der Waals surface area contributed by atoms with Gasteiger partial charge in [-0.2, -0.15) is 0 Å². The number of esters is 1.